The summed E-state index contributed by atoms with van der Waals surface area (Å²) < 4.78 is 2.29. The van der Waals surface area contributed by atoms with E-state index in [1.807, 2.05) is 0 Å². The zero-order chi connectivity index (χ0) is 15.9. The average Bonchev–Trinajstić information content (AvgIpc) is 2.52. The number of pyridine rings is 1. The van der Waals surface area contributed by atoms with Crippen LogP contribution in [0, 0.1) is 0 Å². The second kappa shape index (κ2) is 7.56. The van der Waals surface area contributed by atoms with Gasteiger partial charge in [-0.05, 0) is 30.3 Å². The summed E-state index contributed by atoms with van der Waals surface area (Å²) >= 11 is 3.28. The fourth-order valence-electron chi connectivity index (χ4n) is 1.73. The first kappa shape index (κ1) is 16.0. The molecule has 114 valence electrons. The molecule has 0 aliphatic rings. The number of aromatic nitrogens is 1. The monoisotopic (exact) mass is 363 g/mol. The zero-order valence-electron chi connectivity index (χ0n) is 11.6. The molecule has 6 nitrogen and oxygen atoms in total. The lowest BCUT2D eigenvalue weighted by atomic mass is 10.2. The van der Waals surface area contributed by atoms with Gasteiger partial charge in [0, 0.05) is 35.3 Å². The van der Waals surface area contributed by atoms with Gasteiger partial charge in [-0.15, -0.1) is 0 Å². The molecular weight excluding hydrogens is 350 g/mol. The van der Waals surface area contributed by atoms with E-state index in [2.05, 4.69) is 26.8 Å². The average molecular weight is 364 g/mol. The van der Waals surface area contributed by atoms with Gasteiger partial charge in [0.05, 0.1) is 0 Å². The number of benzene rings is 1. The molecule has 0 radical (unpaired) electrons. The SMILES string of the molecule is O=C(CCn1ccccc1=O)NNC(=O)c1ccc(Br)cc1. The van der Waals surface area contributed by atoms with E-state index < -0.39 is 5.91 Å². The molecular formula is C15H14BrN3O3. The molecule has 2 N–H and O–H groups in total. The molecule has 1 heterocycles. The Kier molecular flexibility index (Phi) is 5.48. The first-order chi connectivity index (χ1) is 10.6. The molecule has 0 unspecified atom stereocenters. The molecule has 0 aliphatic heterocycles. The molecule has 22 heavy (non-hydrogen) atoms. The van der Waals surface area contributed by atoms with Gasteiger partial charge in [-0.25, -0.2) is 0 Å². The maximum Gasteiger partial charge on any atom is 0.269 e. The van der Waals surface area contributed by atoms with Gasteiger partial charge in [0.2, 0.25) is 5.91 Å². The fourth-order valence-corrected chi connectivity index (χ4v) is 1.99. The van der Waals surface area contributed by atoms with Gasteiger partial charge >= 0.3 is 0 Å². The van der Waals surface area contributed by atoms with Gasteiger partial charge < -0.3 is 4.57 Å². The Morgan fingerprint density at radius 3 is 2.45 bits per heavy atom. The van der Waals surface area contributed by atoms with Crippen LogP contribution in [-0.2, 0) is 11.3 Å². The fraction of sp³-hybridized carbons (Fsp3) is 0.133. The number of hydrogen-bond donors (Lipinski definition) is 2. The lowest BCUT2D eigenvalue weighted by molar-refractivity contribution is -0.122. The molecule has 0 saturated carbocycles. The van der Waals surface area contributed by atoms with Crippen LogP contribution in [0.15, 0.2) is 57.9 Å². The Morgan fingerprint density at radius 1 is 1.05 bits per heavy atom. The van der Waals surface area contributed by atoms with E-state index in [4.69, 9.17) is 0 Å². The Labute approximate surface area is 135 Å². The van der Waals surface area contributed by atoms with E-state index in [1.54, 1.807) is 42.6 Å². The summed E-state index contributed by atoms with van der Waals surface area (Å²) in [6.07, 6.45) is 1.70. The van der Waals surface area contributed by atoms with E-state index in [0.29, 0.717) is 5.56 Å². The summed E-state index contributed by atoms with van der Waals surface area (Å²) in [5.74, 6) is -0.779. The maximum atomic E-state index is 11.8. The van der Waals surface area contributed by atoms with E-state index in [-0.39, 0.29) is 24.4 Å². The van der Waals surface area contributed by atoms with Crippen molar-refractivity contribution in [2.75, 3.05) is 0 Å². The Balaban J connectivity index is 1.80. The van der Waals surface area contributed by atoms with Crippen molar-refractivity contribution in [3.05, 3.63) is 69.1 Å². The minimum Gasteiger partial charge on any atom is -0.315 e. The molecule has 0 atom stereocenters. The molecule has 0 saturated heterocycles. The lowest BCUT2D eigenvalue weighted by Crippen LogP contribution is -2.42. The molecule has 0 fully saturated rings. The smallest absolute Gasteiger partial charge is 0.269 e. The number of nitrogens with zero attached hydrogens (tertiary/aromatic N) is 1. The van der Waals surface area contributed by atoms with Gasteiger partial charge in [-0.2, -0.15) is 0 Å². The standard InChI is InChI=1S/C15H14BrN3O3/c16-12-6-4-11(5-7-12)15(22)18-17-13(20)8-10-19-9-2-1-3-14(19)21/h1-7,9H,8,10H2,(H,17,20)(H,18,22). The zero-order valence-corrected chi connectivity index (χ0v) is 13.2. The van der Waals surface area contributed by atoms with Crippen LogP contribution in [0.5, 0.6) is 0 Å². The Morgan fingerprint density at radius 2 is 1.77 bits per heavy atom. The topological polar surface area (TPSA) is 80.2 Å². The number of aryl methyl sites for hydroxylation is 1. The second-order valence-corrected chi connectivity index (χ2v) is 5.41. The van der Waals surface area contributed by atoms with Crippen molar-refractivity contribution in [1.29, 1.82) is 0 Å². The van der Waals surface area contributed by atoms with Gasteiger partial charge in [0.1, 0.15) is 0 Å². The van der Waals surface area contributed by atoms with Crippen LogP contribution in [0.2, 0.25) is 0 Å². The van der Waals surface area contributed by atoms with Crippen molar-refractivity contribution in [3.63, 3.8) is 0 Å². The molecule has 1 aromatic heterocycles. The van der Waals surface area contributed by atoms with Gasteiger partial charge in [-0.1, -0.05) is 22.0 Å². The highest BCUT2D eigenvalue weighted by molar-refractivity contribution is 9.10. The number of rotatable bonds is 4. The second-order valence-electron chi connectivity index (χ2n) is 4.49. The number of halogens is 1. The molecule has 0 spiro atoms. The summed E-state index contributed by atoms with van der Waals surface area (Å²) in [5.41, 5.74) is 4.91. The van der Waals surface area contributed by atoms with Crippen molar-refractivity contribution < 1.29 is 9.59 Å². The van der Waals surface area contributed by atoms with E-state index in [0.717, 1.165) is 4.47 Å². The number of hydrazine groups is 1. The summed E-state index contributed by atoms with van der Waals surface area (Å²) in [7, 11) is 0. The highest BCUT2D eigenvalue weighted by Crippen LogP contribution is 2.10. The predicted molar refractivity (Wildman–Crippen MR) is 85.1 cm³/mol. The highest BCUT2D eigenvalue weighted by Gasteiger charge is 2.07. The number of carbonyl (C=O) groups is 2. The quantitative estimate of drug-likeness (QED) is 0.807. The van der Waals surface area contributed by atoms with Crippen LogP contribution in [0.25, 0.3) is 0 Å². The van der Waals surface area contributed by atoms with Crippen LogP contribution in [0.3, 0.4) is 0 Å². The number of amides is 2. The van der Waals surface area contributed by atoms with E-state index in [1.165, 1.54) is 10.6 Å². The largest absolute Gasteiger partial charge is 0.315 e. The molecule has 2 amide bonds. The minimum atomic E-state index is -0.405. The van der Waals surface area contributed by atoms with Crippen molar-refractivity contribution in [1.82, 2.24) is 15.4 Å². The predicted octanol–water partition coefficient (Wildman–Crippen LogP) is 1.46. The molecule has 1 aromatic carbocycles. The summed E-state index contributed by atoms with van der Waals surface area (Å²) in [6.45, 7) is 0.250. The summed E-state index contributed by atoms with van der Waals surface area (Å²) in [6, 6.07) is 11.5. The van der Waals surface area contributed by atoms with Crippen molar-refractivity contribution in [2.24, 2.45) is 0 Å². The number of nitrogens with one attached hydrogen (secondary N) is 2. The third-order valence-electron chi connectivity index (χ3n) is 2.90. The van der Waals surface area contributed by atoms with Crippen molar-refractivity contribution in [3.8, 4) is 0 Å². The Bertz CT molecular complexity index is 725. The molecule has 0 bridgehead atoms. The number of carbonyl (C=O) groups excluding carboxylic acids is 2. The van der Waals surface area contributed by atoms with Crippen LogP contribution < -0.4 is 16.4 Å². The van der Waals surface area contributed by atoms with Gasteiger partial charge in [-0.3, -0.25) is 25.2 Å². The van der Waals surface area contributed by atoms with Crippen LogP contribution >= 0.6 is 15.9 Å². The molecule has 0 aliphatic carbocycles. The van der Waals surface area contributed by atoms with E-state index >= 15 is 0 Å². The number of hydrogen-bond acceptors (Lipinski definition) is 3. The molecule has 2 aromatic rings. The van der Waals surface area contributed by atoms with Gasteiger partial charge in [0.15, 0.2) is 0 Å². The first-order valence-corrected chi connectivity index (χ1v) is 7.36. The Hall–Kier alpha value is -2.41. The minimum absolute atomic E-state index is 0.0878. The van der Waals surface area contributed by atoms with Crippen molar-refractivity contribution in [2.45, 2.75) is 13.0 Å². The first-order valence-electron chi connectivity index (χ1n) is 6.56. The summed E-state index contributed by atoms with van der Waals surface area (Å²) in [5, 5.41) is 0. The lowest BCUT2D eigenvalue weighted by Gasteiger charge is -2.08. The third-order valence-corrected chi connectivity index (χ3v) is 3.43. The normalized spacial score (nSPS) is 10.0. The summed E-state index contributed by atoms with van der Waals surface area (Å²) in [4.78, 5) is 34.9. The third kappa shape index (κ3) is 4.56. The van der Waals surface area contributed by atoms with Crippen molar-refractivity contribution >= 4 is 27.7 Å². The molecule has 7 heteroatoms. The van der Waals surface area contributed by atoms with Crippen LogP contribution in [-0.4, -0.2) is 16.4 Å². The maximum absolute atomic E-state index is 11.8. The van der Waals surface area contributed by atoms with Gasteiger partial charge in [0.25, 0.3) is 11.5 Å². The van der Waals surface area contributed by atoms with Crippen LogP contribution in [0.1, 0.15) is 16.8 Å². The van der Waals surface area contributed by atoms with E-state index in [9.17, 15) is 14.4 Å². The van der Waals surface area contributed by atoms with Crippen LogP contribution in [0.4, 0.5) is 0 Å². The molecule has 2 rings (SSSR count). The highest BCUT2D eigenvalue weighted by atomic mass is 79.9.